The summed E-state index contributed by atoms with van der Waals surface area (Å²) in [6.45, 7) is -0.384. The Labute approximate surface area is 85.9 Å². The summed E-state index contributed by atoms with van der Waals surface area (Å²) in [5.41, 5.74) is 0.739. The molecule has 0 aliphatic heterocycles. The van der Waals surface area contributed by atoms with Gasteiger partial charge in [-0.2, -0.15) is 0 Å². The van der Waals surface area contributed by atoms with E-state index in [1.807, 2.05) is 0 Å². The number of carboxylic acid groups (broad SMARTS) is 1. The zero-order chi connectivity index (χ0) is 11.1. The molecule has 0 radical (unpaired) electrons. The van der Waals surface area contributed by atoms with Crippen molar-refractivity contribution in [2.45, 2.75) is 6.61 Å². The summed E-state index contributed by atoms with van der Waals surface area (Å²) in [5, 5.41) is 10.3. The van der Waals surface area contributed by atoms with Gasteiger partial charge in [0.2, 0.25) is 0 Å². The van der Waals surface area contributed by atoms with E-state index in [0.29, 0.717) is 0 Å². The predicted octanol–water partition coefficient (Wildman–Crippen LogP) is 0.392. The van der Waals surface area contributed by atoms with Gasteiger partial charge in [-0.05, 0) is 6.07 Å². The summed E-state index contributed by atoms with van der Waals surface area (Å²) >= 11 is 0. The minimum atomic E-state index is -1.12. The molecule has 6 heteroatoms. The number of hydrogen-bond acceptors (Lipinski definition) is 4. The van der Waals surface area contributed by atoms with Crippen LogP contribution >= 0.6 is 0 Å². The molecule has 80 valence electrons. The second kappa shape index (κ2) is 5.58. The third-order valence-electron chi connectivity index (χ3n) is 1.48. The van der Waals surface area contributed by atoms with Crippen LogP contribution in [0.25, 0.3) is 0 Å². The van der Waals surface area contributed by atoms with Crippen LogP contribution in [0.4, 0.5) is 4.79 Å². The number of aromatic nitrogens is 1. The normalized spacial score (nSPS) is 9.33. The van der Waals surface area contributed by atoms with Crippen molar-refractivity contribution >= 4 is 12.1 Å². The first-order valence-electron chi connectivity index (χ1n) is 4.20. The molecule has 1 aromatic heterocycles. The van der Waals surface area contributed by atoms with Crippen molar-refractivity contribution in [2.75, 3.05) is 6.54 Å². The molecule has 0 atom stereocenters. The number of carboxylic acids is 1. The van der Waals surface area contributed by atoms with Crippen LogP contribution in [0.3, 0.4) is 0 Å². The summed E-state index contributed by atoms with van der Waals surface area (Å²) < 4.78 is 4.73. The first kappa shape index (κ1) is 11.0. The van der Waals surface area contributed by atoms with E-state index in [1.165, 1.54) is 0 Å². The number of carbonyl (C=O) groups is 2. The number of hydrogen-bond donors (Lipinski definition) is 2. The molecule has 0 saturated carbocycles. The highest BCUT2D eigenvalue weighted by Gasteiger charge is 2.04. The summed E-state index contributed by atoms with van der Waals surface area (Å²) in [7, 11) is 0. The molecule has 0 unspecified atom stereocenters. The molecule has 0 aliphatic rings. The topological polar surface area (TPSA) is 88.5 Å². The number of nitrogens with zero attached hydrogens (tertiary/aromatic N) is 1. The van der Waals surface area contributed by atoms with Crippen molar-refractivity contribution in [3.63, 3.8) is 0 Å². The van der Waals surface area contributed by atoms with Crippen molar-refractivity contribution in [1.29, 1.82) is 0 Å². The number of ether oxygens (including phenoxy) is 1. The van der Waals surface area contributed by atoms with Crippen LogP contribution < -0.4 is 5.32 Å². The number of amides is 1. The van der Waals surface area contributed by atoms with E-state index < -0.39 is 18.6 Å². The number of pyridine rings is 1. The van der Waals surface area contributed by atoms with Gasteiger partial charge in [0.1, 0.15) is 13.2 Å². The number of rotatable bonds is 4. The van der Waals surface area contributed by atoms with Crippen LogP contribution in [0.1, 0.15) is 5.56 Å². The molecular weight excluding hydrogens is 200 g/mol. The van der Waals surface area contributed by atoms with Gasteiger partial charge in [0.05, 0.1) is 0 Å². The average Bonchev–Trinajstić information content (AvgIpc) is 2.25. The predicted molar refractivity (Wildman–Crippen MR) is 50.1 cm³/mol. The Morgan fingerprint density at radius 1 is 1.53 bits per heavy atom. The van der Waals surface area contributed by atoms with Crippen LogP contribution in [0.15, 0.2) is 24.5 Å². The molecule has 15 heavy (non-hydrogen) atoms. The fourth-order valence-corrected chi connectivity index (χ4v) is 0.831. The van der Waals surface area contributed by atoms with E-state index in [0.717, 1.165) is 5.56 Å². The molecule has 0 aromatic carbocycles. The minimum Gasteiger partial charge on any atom is -0.480 e. The molecule has 0 spiro atoms. The fraction of sp³-hybridized carbons (Fsp3) is 0.222. The van der Waals surface area contributed by atoms with E-state index in [1.54, 1.807) is 24.5 Å². The lowest BCUT2D eigenvalue weighted by molar-refractivity contribution is -0.135. The fourth-order valence-electron chi connectivity index (χ4n) is 0.831. The zero-order valence-electron chi connectivity index (χ0n) is 7.84. The van der Waals surface area contributed by atoms with E-state index in [9.17, 15) is 9.59 Å². The van der Waals surface area contributed by atoms with Crippen molar-refractivity contribution < 1.29 is 19.4 Å². The molecule has 1 rings (SSSR count). The van der Waals surface area contributed by atoms with Crippen molar-refractivity contribution in [3.05, 3.63) is 30.1 Å². The Bertz CT molecular complexity index is 339. The van der Waals surface area contributed by atoms with Gasteiger partial charge in [-0.1, -0.05) is 6.07 Å². The van der Waals surface area contributed by atoms with Gasteiger partial charge < -0.3 is 15.2 Å². The Balaban J connectivity index is 2.26. The van der Waals surface area contributed by atoms with E-state index >= 15 is 0 Å². The van der Waals surface area contributed by atoms with Gasteiger partial charge in [-0.15, -0.1) is 0 Å². The van der Waals surface area contributed by atoms with Crippen LogP contribution in [-0.2, 0) is 16.1 Å². The highest BCUT2D eigenvalue weighted by atomic mass is 16.5. The highest BCUT2D eigenvalue weighted by Crippen LogP contribution is 1.97. The Kier molecular flexibility index (Phi) is 4.08. The van der Waals surface area contributed by atoms with Gasteiger partial charge in [-0.3, -0.25) is 9.78 Å². The second-order valence-electron chi connectivity index (χ2n) is 2.68. The molecule has 6 nitrogen and oxygen atoms in total. The number of alkyl carbamates (subject to hydrolysis) is 1. The monoisotopic (exact) mass is 210 g/mol. The summed E-state index contributed by atoms with van der Waals surface area (Å²) in [6, 6.07) is 3.46. The average molecular weight is 210 g/mol. The third-order valence-corrected chi connectivity index (χ3v) is 1.48. The first-order chi connectivity index (χ1) is 7.18. The highest BCUT2D eigenvalue weighted by molar-refractivity contribution is 5.76. The molecule has 0 fully saturated rings. The number of aliphatic carboxylic acids is 1. The van der Waals surface area contributed by atoms with Gasteiger partial charge in [0.15, 0.2) is 0 Å². The van der Waals surface area contributed by atoms with Crippen molar-refractivity contribution in [1.82, 2.24) is 10.3 Å². The molecule has 1 aromatic rings. The van der Waals surface area contributed by atoms with Gasteiger partial charge in [-0.25, -0.2) is 4.79 Å². The van der Waals surface area contributed by atoms with Gasteiger partial charge >= 0.3 is 12.1 Å². The Morgan fingerprint density at radius 2 is 2.33 bits per heavy atom. The quantitative estimate of drug-likeness (QED) is 0.750. The molecule has 0 aliphatic carbocycles. The summed E-state index contributed by atoms with van der Waals surface area (Å²) in [4.78, 5) is 24.8. The molecule has 0 bridgehead atoms. The standard InChI is InChI=1S/C9H10N2O4/c12-8(13)5-11-9(14)15-6-7-2-1-3-10-4-7/h1-4H,5-6H2,(H,11,14)(H,12,13). The van der Waals surface area contributed by atoms with Crippen molar-refractivity contribution in [2.24, 2.45) is 0 Å². The van der Waals surface area contributed by atoms with Crippen LogP contribution in [-0.4, -0.2) is 28.7 Å². The lowest BCUT2D eigenvalue weighted by atomic mass is 10.3. The maximum Gasteiger partial charge on any atom is 0.407 e. The van der Waals surface area contributed by atoms with E-state index in [4.69, 9.17) is 9.84 Å². The summed E-state index contributed by atoms with van der Waals surface area (Å²) in [5.74, 6) is -1.12. The SMILES string of the molecule is O=C(O)CNC(=O)OCc1cccnc1. The molecule has 2 N–H and O–H groups in total. The zero-order valence-corrected chi connectivity index (χ0v) is 7.84. The molecule has 1 amide bonds. The van der Waals surface area contributed by atoms with E-state index in [-0.39, 0.29) is 6.61 Å². The van der Waals surface area contributed by atoms with E-state index in [2.05, 4.69) is 10.3 Å². The lowest BCUT2D eigenvalue weighted by Gasteiger charge is -2.04. The molecular formula is C9H10N2O4. The number of nitrogens with one attached hydrogen (secondary N) is 1. The summed E-state index contributed by atoms with van der Waals surface area (Å²) in [6.07, 6.45) is 2.40. The Hall–Kier alpha value is -2.11. The van der Waals surface area contributed by atoms with Gasteiger partial charge in [0.25, 0.3) is 0 Å². The minimum absolute atomic E-state index is 0.0687. The van der Waals surface area contributed by atoms with Crippen LogP contribution in [0.5, 0.6) is 0 Å². The van der Waals surface area contributed by atoms with Crippen LogP contribution in [0, 0.1) is 0 Å². The van der Waals surface area contributed by atoms with Crippen molar-refractivity contribution in [3.8, 4) is 0 Å². The van der Waals surface area contributed by atoms with Crippen LogP contribution in [0.2, 0.25) is 0 Å². The lowest BCUT2D eigenvalue weighted by Crippen LogP contribution is -2.29. The Morgan fingerprint density at radius 3 is 2.93 bits per heavy atom. The molecule has 1 heterocycles. The largest absolute Gasteiger partial charge is 0.480 e. The van der Waals surface area contributed by atoms with Gasteiger partial charge in [0, 0.05) is 18.0 Å². The third kappa shape index (κ3) is 4.61. The smallest absolute Gasteiger partial charge is 0.407 e. The second-order valence-corrected chi connectivity index (χ2v) is 2.68. The first-order valence-corrected chi connectivity index (χ1v) is 4.20. The number of carbonyl (C=O) groups excluding carboxylic acids is 1. The molecule has 0 saturated heterocycles. The maximum absolute atomic E-state index is 10.9. The maximum atomic E-state index is 10.9.